The third-order valence-electron chi connectivity index (χ3n) is 5.62. The van der Waals surface area contributed by atoms with Gasteiger partial charge in [0, 0.05) is 18.3 Å². The Morgan fingerprint density at radius 3 is 2.95 bits per heavy atom. The van der Waals surface area contributed by atoms with Gasteiger partial charge in [0.1, 0.15) is 0 Å². The number of aryl methyl sites for hydroxylation is 1. The highest BCUT2D eigenvalue weighted by Crippen LogP contribution is 2.45. The van der Waals surface area contributed by atoms with Crippen LogP contribution in [0.4, 0.5) is 5.69 Å². The van der Waals surface area contributed by atoms with Crippen LogP contribution in [0.3, 0.4) is 0 Å². The van der Waals surface area contributed by atoms with Crippen molar-refractivity contribution < 1.29 is 4.74 Å². The molecule has 1 N–H and O–H groups in total. The summed E-state index contributed by atoms with van der Waals surface area (Å²) in [5.74, 6) is 0.867. The molecule has 2 atom stereocenters. The summed E-state index contributed by atoms with van der Waals surface area (Å²) in [6, 6.07) is 9.46. The van der Waals surface area contributed by atoms with Gasteiger partial charge in [-0.05, 0) is 68.9 Å². The van der Waals surface area contributed by atoms with E-state index in [2.05, 4.69) is 29.6 Å². The Hall–Kier alpha value is -1.02. The fraction of sp³-hybridized carbons (Fsp3) is 0.667. The molecule has 2 nitrogen and oxygen atoms in total. The summed E-state index contributed by atoms with van der Waals surface area (Å²) < 4.78 is 6.06. The topological polar surface area (TPSA) is 21.3 Å². The fourth-order valence-electron chi connectivity index (χ4n) is 4.33. The van der Waals surface area contributed by atoms with E-state index in [-0.39, 0.29) is 0 Å². The van der Waals surface area contributed by atoms with E-state index in [1.807, 2.05) is 0 Å². The lowest BCUT2D eigenvalue weighted by molar-refractivity contribution is -0.144. The van der Waals surface area contributed by atoms with Gasteiger partial charge in [-0.2, -0.15) is 0 Å². The lowest BCUT2D eigenvalue weighted by Gasteiger charge is -2.48. The minimum Gasteiger partial charge on any atom is -0.382 e. The first kappa shape index (κ1) is 12.7. The van der Waals surface area contributed by atoms with E-state index in [1.54, 1.807) is 0 Å². The van der Waals surface area contributed by atoms with Crippen LogP contribution in [0.5, 0.6) is 0 Å². The molecule has 1 aromatic rings. The molecule has 0 radical (unpaired) electrons. The number of hydrogen-bond acceptors (Lipinski definition) is 2. The van der Waals surface area contributed by atoms with Gasteiger partial charge in [-0.3, -0.25) is 0 Å². The van der Waals surface area contributed by atoms with Crippen LogP contribution in [0.15, 0.2) is 24.3 Å². The quantitative estimate of drug-likeness (QED) is 0.872. The number of ether oxygens (including phenoxy) is 1. The van der Waals surface area contributed by atoms with Crippen molar-refractivity contribution in [3.63, 3.8) is 0 Å². The van der Waals surface area contributed by atoms with Gasteiger partial charge in [-0.1, -0.05) is 18.2 Å². The summed E-state index contributed by atoms with van der Waals surface area (Å²) in [6.45, 7) is 0.994. The molecule has 1 saturated carbocycles. The second kappa shape index (κ2) is 5.07. The molecule has 2 fully saturated rings. The predicted octanol–water partition coefficient (Wildman–Crippen LogP) is 4.15. The number of rotatable bonds is 2. The largest absolute Gasteiger partial charge is 0.382 e. The molecule has 1 aromatic carbocycles. The molecule has 4 rings (SSSR count). The van der Waals surface area contributed by atoms with E-state index in [4.69, 9.17) is 4.74 Å². The van der Waals surface area contributed by atoms with Gasteiger partial charge < -0.3 is 10.1 Å². The van der Waals surface area contributed by atoms with Crippen LogP contribution in [0.1, 0.15) is 50.5 Å². The third-order valence-corrected chi connectivity index (χ3v) is 5.62. The SMILES string of the molecule is c1ccc2c(c1)CCC(CC1CCOC3(CCC3)C1)N2. The highest BCUT2D eigenvalue weighted by molar-refractivity contribution is 5.53. The average molecular weight is 271 g/mol. The molecule has 2 heteroatoms. The van der Waals surface area contributed by atoms with Crippen molar-refractivity contribution in [2.45, 2.75) is 63.0 Å². The molecule has 3 aliphatic rings. The van der Waals surface area contributed by atoms with Gasteiger partial charge in [-0.15, -0.1) is 0 Å². The monoisotopic (exact) mass is 271 g/mol. The Labute approximate surface area is 121 Å². The van der Waals surface area contributed by atoms with E-state index in [9.17, 15) is 0 Å². The Kier molecular flexibility index (Phi) is 3.22. The summed E-state index contributed by atoms with van der Waals surface area (Å²) in [7, 11) is 0. The van der Waals surface area contributed by atoms with Crippen molar-refractivity contribution >= 4 is 5.69 Å². The molecule has 0 aromatic heterocycles. The number of para-hydroxylation sites is 1. The number of anilines is 1. The lowest BCUT2D eigenvalue weighted by atomic mass is 9.70. The van der Waals surface area contributed by atoms with Crippen LogP contribution in [-0.4, -0.2) is 18.2 Å². The summed E-state index contributed by atoms with van der Waals surface area (Å²) >= 11 is 0. The number of benzene rings is 1. The second-order valence-corrected chi connectivity index (χ2v) is 7.02. The van der Waals surface area contributed by atoms with Crippen LogP contribution in [-0.2, 0) is 11.2 Å². The molecule has 2 unspecified atom stereocenters. The Balaban J connectivity index is 1.38. The predicted molar refractivity (Wildman–Crippen MR) is 82.0 cm³/mol. The maximum absolute atomic E-state index is 6.06. The van der Waals surface area contributed by atoms with Crippen molar-refractivity contribution in [2.75, 3.05) is 11.9 Å². The molecular weight excluding hydrogens is 246 g/mol. The first-order chi connectivity index (χ1) is 9.83. The number of fused-ring (bicyclic) bond motifs is 1. The van der Waals surface area contributed by atoms with Gasteiger partial charge in [0.2, 0.25) is 0 Å². The molecule has 1 spiro atoms. The van der Waals surface area contributed by atoms with Crippen LogP contribution in [0.2, 0.25) is 0 Å². The Morgan fingerprint density at radius 1 is 1.20 bits per heavy atom. The first-order valence-corrected chi connectivity index (χ1v) is 8.31. The molecule has 20 heavy (non-hydrogen) atoms. The van der Waals surface area contributed by atoms with Crippen molar-refractivity contribution in [2.24, 2.45) is 5.92 Å². The first-order valence-electron chi connectivity index (χ1n) is 8.31. The molecule has 0 amide bonds. The zero-order valence-corrected chi connectivity index (χ0v) is 12.2. The highest BCUT2D eigenvalue weighted by Gasteiger charge is 2.42. The van der Waals surface area contributed by atoms with Gasteiger partial charge in [0.25, 0.3) is 0 Å². The molecule has 1 saturated heterocycles. The van der Waals surface area contributed by atoms with E-state index < -0.39 is 0 Å². The van der Waals surface area contributed by atoms with Crippen LogP contribution < -0.4 is 5.32 Å². The van der Waals surface area contributed by atoms with E-state index in [0.717, 1.165) is 12.5 Å². The van der Waals surface area contributed by atoms with Crippen LogP contribution in [0, 0.1) is 5.92 Å². The average Bonchev–Trinajstić information content (AvgIpc) is 2.46. The summed E-state index contributed by atoms with van der Waals surface area (Å²) in [4.78, 5) is 0. The minimum absolute atomic E-state index is 0.301. The second-order valence-electron chi connectivity index (χ2n) is 7.02. The Bertz CT molecular complexity index is 480. The highest BCUT2D eigenvalue weighted by atomic mass is 16.5. The lowest BCUT2D eigenvalue weighted by Crippen LogP contribution is -2.46. The smallest absolute Gasteiger partial charge is 0.0685 e. The van der Waals surface area contributed by atoms with E-state index >= 15 is 0 Å². The van der Waals surface area contributed by atoms with Crippen LogP contribution in [0.25, 0.3) is 0 Å². The fourth-order valence-corrected chi connectivity index (χ4v) is 4.33. The van der Waals surface area contributed by atoms with Crippen molar-refractivity contribution in [3.05, 3.63) is 29.8 Å². The van der Waals surface area contributed by atoms with E-state index in [1.165, 1.54) is 62.6 Å². The van der Waals surface area contributed by atoms with Crippen molar-refractivity contribution in [1.29, 1.82) is 0 Å². The maximum Gasteiger partial charge on any atom is 0.0685 e. The molecule has 108 valence electrons. The normalized spacial score (nSPS) is 31.2. The molecule has 2 heterocycles. The van der Waals surface area contributed by atoms with E-state index in [0.29, 0.717) is 11.6 Å². The molecule has 1 aliphatic carbocycles. The third kappa shape index (κ3) is 2.35. The van der Waals surface area contributed by atoms with Crippen molar-refractivity contribution in [3.8, 4) is 0 Å². The van der Waals surface area contributed by atoms with Gasteiger partial charge >= 0.3 is 0 Å². The van der Waals surface area contributed by atoms with Crippen LogP contribution >= 0.6 is 0 Å². The van der Waals surface area contributed by atoms with Gasteiger partial charge in [0.05, 0.1) is 5.60 Å². The van der Waals surface area contributed by atoms with Crippen molar-refractivity contribution in [1.82, 2.24) is 0 Å². The molecule has 2 aliphatic heterocycles. The maximum atomic E-state index is 6.06. The standard InChI is InChI=1S/C18H25NO/c1-2-5-17-15(4-1)6-7-16(19-17)12-14-8-11-20-18(13-14)9-3-10-18/h1-2,4-5,14,16,19H,3,6-13H2. The number of hydrogen-bond donors (Lipinski definition) is 1. The zero-order chi connectivity index (χ0) is 13.4. The molecule has 0 bridgehead atoms. The summed E-state index contributed by atoms with van der Waals surface area (Å²) in [5.41, 5.74) is 3.16. The minimum atomic E-state index is 0.301. The summed E-state index contributed by atoms with van der Waals surface area (Å²) in [6.07, 6.45) is 10.4. The summed E-state index contributed by atoms with van der Waals surface area (Å²) in [5, 5.41) is 3.77. The number of nitrogens with one attached hydrogen (secondary N) is 1. The zero-order valence-electron chi connectivity index (χ0n) is 12.2. The van der Waals surface area contributed by atoms with Gasteiger partial charge in [0.15, 0.2) is 0 Å². The van der Waals surface area contributed by atoms with Gasteiger partial charge in [-0.25, -0.2) is 0 Å². The Morgan fingerprint density at radius 2 is 2.10 bits per heavy atom. The molecular formula is C18H25NO.